The number of nitrogens with two attached hydrogens (primary N) is 1. The third-order valence-corrected chi connectivity index (χ3v) is 2.86. The Balaban J connectivity index is 0.000000461. The van der Waals surface area contributed by atoms with E-state index in [9.17, 15) is 0 Å². The van der Waals surface area contributed by atoms with Crippen LogP contribution >= 0.6 is 15.9 Å². The van der Waals surface area contributed by atoms with Gasteiger partial charge in [-0.2, -0.15) is 0 Å². The molecule has 1 heterocycles. The van der Waals surface area contributed by atoms with E-state index in [4.69, 9.17) is 0 Å². The van der Waals surface area contributed by atoms with Gasteiger partial charge in [0.2, 0.25) is 0 Å². The van der Waals surface area contributed by atoms with Gasteiger partial charge in [-0.05, 0) is 43.8 Å². The molecule has 0 aromatic heterocycles. The van der Waals surface area contributed by atoms with Crippen molar-refractivity contribution in [2.24, 2.45) is 5.73 Å². The molecule has 0 radical (unpaired) electrons. The predicted octanol–water partition coefficient (Wildman–Crippen LogP) is 2.01. The van der Waals surface area contributed by atoms with Crippen molar-refractivity contribution in [3.8, 4) is 0 Å². The lowest BCUT2D eigenvalue weighted by molar-refractivity contribution is 0.313. The molecule has 0 unspecified atom stereocenters. The second-order valence-electron chi connectivity index (χ2n) is 3.40. The smallest absolute Gasteiger partial charge is 0.0233 e. The van der Waals surface area contributed by atoms with Crippen molar-refractivity contribution in [2.45, 2.75) is 13.0 Å². The average molecular weight is 257 g/mol. The first-order valence-electron chi connectivity index (χ1n) is 4.79. The molecule has 1 aliphatic rings. The van der Waals surface area contributed by atoms with Gasteiger partial charge in [0.1, 0.15) is 0 Å². The lowest BCUT2D eigenvalue weighted by Crippen LogP contribution is -2.26. The summed E-state index contributed by atoms with van der Waals surface area (Å²) in [5, 5.41) is 0. The van der Waals surface area contributed by atoms with Crippen LogP contribution in [0.5, 0.6) is 0 Å². The number of nitrogens with zero attached hydrogens (tertiary/aromatic N) is 1. The maximum atomic E-state index is 4.50. The predicted molar refractivity (Wildman–Crippen MR) is 64.3 cm³/mol. The minimum absolute atomic E-state index is 1.10. The summed E-state index contributed by atoms with van der Waals surface area (Å²) >= 11 is 3.49. The van der Waals surface area contributed by atoms with E-state index in [0.29, 0.717) is 0 Å². The zero-order valence-corrected chi connectivity index (χ0v) is 10.3. The Morgan fingerprint density at radius 3 is 2.71 bits per heavy atom. The van der Waals surface area contributed by atoms with E-state index in [1.54, 1.807) is 0 Å². The van der Waals surface area contributed by atoms with Crippen LogP contribution in [0.2, 0.25) is 0 Å². The molecule has 0 spiro atoms. The minimum Gasteiger partial charge on any atom is -0.333 e. The third-order valence-electron chi connectivity index (χ3n) is 2.37. The first-order chi connectivity index (χ1) is 6.75. The highest BCUT2D eigenvalue weighted by molar-refractivity contribution is 9.10. The fourth-order valence-corrected chi connectivity index (χ4v) is 2.07. The molecule has 0 fully saturated rings. The zero-order chi connectivity index (χ0) is 10.6. The second kappa shape index (κ2) is 5.49. The summed E-state index contributed by atoms with van der Waals surface area (Å²) in [6, 6.07) is 6.58. The Kier molecular flexibility index (Phi) is 4.58. The number of likely N-dealkylation sites (N-methyl/N-ethyl adjacent to an activating group) is 1. The number of hydrogen-bond donors (Lipinski definition) is 1. The molecule has 1 aliphatic heterocycles. The lowest BCUT2D eigenvalue weighted by Gasteiger charge is -2.24. The van der Waals surface area contributed by atoms with E-state index in [2.05, 4.69) is 51.8 Å². The normalized spacial score (nSPS) is 15.4. The lowest BCUT2D eigenvalue weighted by atomic mass is 10.0. The van der Waals surface area contributed by atoms with E-state index in [-0.39, 0.29) is 0 Å². The molecule has 0 saturated heterocycles. The standard InChI is InChI=1S/C10H12BrN.CH5N/c1-12-5-4-8-6-10(11)3-2-9(8)7-12;1-2/h2-3,6H,4-5,7H2,1H3;2H2,1H3. The van der Waals surface area contributed by atoms with Crippen molar-refractivity contribution in [1.29, 1.82) is 0 Å². The highest BCUT2D eigenvalue weighted by Gasteiger charge is 2.12. The number of rotatable bonds is 0. The van der Waals surface area contributed by atoms with Gasteiger partial charge >= 0.3 is 0 Å². The van der Waals surface area contributed by atoms with E-state index in [1.807, 2.05) is 0 Å². The van der Waals surface area contributed by atoms with Crippen molar-refractivity contribution in [3.05, 3.63) is 33.8 Å². The van der Waals surface area contributed by atoms with Crippen molar-refractivity contribution in [3.63, 3.8) is 0 Å². The molecule has 0 aliphatic carbocycles. The van der Waals surface area contributed by atoms with Gasteiger partial charge in [-0.1, -0.05) is 22.0 Å². The van der Waals surface area contributed by atoms with E-state index in [1.165, 1.54) is 35.6 Å². The number of halogens is 1. The van der Waals surface area contributed by atoms with Crippen LogP contribution in [0.15, 0.2) is 22.7 Å². The summed E-state index contributed by atoms with van der Waals surface area (Å²) < 4.78 is 1.20. The van der Waals surface area contributed by atoms with Crippen LogP contribution in [0.25, 0.3) is 0 Å². The molecule has 0 atom stereocenters. The summed E-state index contributed by atoms with van der Waals surface area (Å²) in [6.07, 6.45) is 1.19. The first-order valence-corrected chi connectivity index (χ1v) is 5.58. The first kappa shape index (κ1) is 11.7. The van der Waals surface area contributed by atoms with Gasteiger partial charge < -0.3 is 10.6 Å². The minimum atomic E-state index is 1.10. The van der Waals surface area contributed by atoms with Crippen molar-refractivity contribution in [2.75, 3.05) is 20.6 Å². The number of hydrogen-bond acceptors (Lipinski definition) is 2. The molecule has 0 amide bonds. The molecule has 1 aromatic rings. The maximum Gasteiger partial charge on any atom is 0.0233 e. The topological polar surface area (TPSA) is 29.3 Å². The Labute approximate surface area is 94.2 Å². The Morgan fingerprint density at radius 1 is 1.29 bits per heavy atom. The average Bonchev–Trinajstić information content (AvgIpc) is 2.21. The molecule has 14 heavy (non-hydrogen) atoms. The largest absolute Gasteiger partial charge is 0.333 e. The highest BCUT2D eigenvalue weighted by atomic mass is 79.9. The molecule has 0 bridgehead atoms. The Bertz CT molecular complexity index is 299. The summed E-state index contributed by atoms with van der Waals surface area (Å²) in [4.78, 5) is 2.36. The van der Waals surface area contributed by atoms with Gasteiger partial charge in [-0.25, -0.2) is 0 Å². The number of benzene rings is 1. The van der Waals surface area contributed by atoms with Crippen LogP contribution in [0, 0.1) is 0 Å². The van der Waals surface area contributed by atoms with Crippen molar-refractivity contribution in [1.82, 2.24) is 4.90 Å². The maximum absolute atomic E-state index is 4.50. The summed E-state index contributed by atoms with van der Waals surface area (Å²) in [5.74, 6) is 0. The quantitative estimate of drug-likeness (QED) is 0.770. The highest BCUT2D eigenvalue weighted by Crippen LogP contribution is 2.21. The van der Waals surface area contributed by atoms with Crippen LogP contribution in [0.4, 0.5) is 0 Å². The van der Waals surface area contributed by atoms with E-state index in [0.717, 1.165) is 6.54 Å². The molecule has 2 N–H and O–H groups in total. The SMILES string of the molecule is CN.CN1CCc2cc(Br)ccc2C1. The molecule has 0 saturated carbocycles. The van der Waals surface area contributed by atoms with Crippen LogP contribution in [-0.4, -0.2) is 25.5 Å². The third kappa shape index (κ3) is 2.80. The monoisotopic (exact) mass is 256 g/mol. The van der Waals surface area contributed by atoms with Gasteiger partial charge in [-0.3, -0.25) is 0 Å². The van der Waals surface area contributed by atoms with E-state index >= 15 is 0 Å². The van der Waals surface area contributed by atoms with Crippen LogP contribution in [0.3, 0.4) is 0 Å². The van der Waals surface area contributed by atoms with E-state index < -0.39 is 0 Å². The van der Waals surface area contributed by atoms with Crippen LogP contribution in [-0.2, 0) is 13.0 Å². The fraction of sp³-hybridized carbons (Fsp3) is 0.455. The zero-order valence-electron chi connectivity index (χ0n) is 8.76. The van der Waals surface area contributed by atoms with Crippen LogP contribution in [0.1, 0.15) is 11.1 Å². The molecule has 3 heteroatoms. The van der Waals surface area contributed by atoms with Gasteiger partial charge in [0.25, 0.3) is 0 Å². The van der Waals surface area contributed by atoms with Gasteiger partial charge in [-0.15, -0.1) is 0 Å². The van der Waals surface area contributed by atoms with Gasteiger partial charge in [0.05, 0.1) is 0 Å². The Morgan fingerprint density at radius 2 is 2.00 bits per heavy atom. The van der Waals surface area contributed by atoms with Crippen molar-refractivity contribution >= 4 is 15.9 Å². The molecular formula is C11H17BrN2. The van der Waals surface area contributed by atoms with Crippen molar-refractivity contribution < 1.29 is 0 Å². The fourth-order valence-electron chi connectivity index (χ4n) is 1.66. The molecule has 2 rings (SSSR count). The summed E-state index contributed by atoms with van der Waals surface area (Å²) in [6.45, 7) is 2.28. The summed E-state index contributed by atoms with van der Waals surface area (Å²) in [7, 11) is 3.67. The second-order valence-corrected chi connectivity index (χ2v) is 4.32. The summed E-state index contributed by atoms with van der Waals surface area (Å²) in [5.41, 5.74) is 7.48. The molecule has 78 valence electrons. The Hall–Kier alpha value is -0.380. The molecular weight excluding hydrogens is 240 g/mol. The molecule has 1 aromatic carbocycles. The van der Waals surface area contributed by atoms with Crippen LogP contribution < -0.4 is 5.73 Å². The number of fused-ring (bicyclic) bond motifs is 1. The van der Waals surface area contributed by atoms with Gasteiger partial charge in [0, 0.05) is 17.6 Å². The van der Waals surface area contributed by atoms with Gasteiger partial charge in [0.15, 0.2) is 0 Å². The molecule has 2 nitrogen and oxygen atoms in total.